The standard InChI is InChI=1S/C14H13N3OS/c1-9-7-19-8-10(9)14(18)15-6-13-16-11-4-2-3-5-12(11)17-13/h2-5,7-8H,6H2,1H3,(H,15,18)(H,16,17). The number of hydrogen-bond donors (Lipinski definition) is 2. The summed E-state index contributed by atoms with van der Waals surface area (Å²) < 4.78 is 0. The maximum absolute atomic E-state index is 12.0. The topological polar surface area (TPSA) is 57.8 Å². The lowest BCUT2D eigenvalue weighted by atomic mass is 10.2. The molecule has 1 amide bonds. The molecule has 0 aliphatic carbocycles. The van der Waals surface area contributed by atoms with Crippen molar-refractivity contribution in [2.24, 2.45) is 0 Å². The highest BCUT2D eigenvalue weighted by Gasteiger charge is 2.10. The zero-order valence-electron chi connectivity index (χ0n) is 10.4. The van der Waals surface area contributed by atoms with Crippen molar-refractivity contribution in [2.45, 2.75) is 13.5 Å². The lowest BCUT2D eigenvalue weighted by Crippen LogP contribution is -2.23. The van der Waals surface area contributed by atoms with E-state index in [1.165, 1.54) is 11.3 Å². The second-order valence-electron chi connectivity index (χ2n) is 4.35. The van der Waals surface area contributed by atoms with E-state index < -0.39 is 0 Å². The Kier molecular flexibility index (Phi) is 3.05. The van der Waals surface area contributed by atoms with Gasteiger partial charge in [0.2, 0.25) is 0 Å². The second-order valence-corrected chi connectivity index (χ2v) is 5.10. The minimum atomic E-state index is -0.0563. The number of carbonyl (C=O) groups excluding carboxylic acids is 1. The Labute approximate surface area is 114 Å². The number of fused-ring (bicyclic) bond motifs is 1. The third-order valence-electron chi connectivity index (χ3n) is 2.95. The van der Waals surface area contributed by atoms with E-state index in [-0.39, 0.29) is 5.91 Å². The van der Waals surface area contributed by atoms with Crippen molar-refractivity contribution in [2.75, 3.05) is 0 Å². The summed E-state index contributed by atoms with van der Waals surface area (Å²) in [4.78, 5) is 19.6. The van der Waals surface area contributed by atoms with E-state index >= 15 is 0 Å². The highest BCUT2D eigenvalue weighted by molar-refractivity contribution is 7.08. The van der Waals surface area contributed by atoms with Crippen LogP contribution in [-0.2, 0) is 6.54 Å². The summed E-state index contributed by atoms with van der Waals surface area (Å²) in [6, 6.07) is 7.81. The van der Waals surface area contributed by atoms with Crippen LogP contribution in [-0.4, -0.2) is 15.9 Å². The molecule has 0 fully saturated rings. The van der Waals surface area contributed by atoms with E-state index in [9.17, 15) is 4.79 Å². The molecule has 2 N–H and O–H groups in total. The van der Waals surface area contributed by atoms with Crippen LogP contribution in [0.4, 0.5) is 0 Å². The van der Waals surface area contributed by atoms with Gasteiger partial charge in [-0.15, -0.1) is 0 Å². The largest absolute Gasteiger partial charge is 0.345 e. The number of aryl methyl sites for hydroxylation is 1. The molecule has 0 saturated carbocycles. The summed E-state index contributed by atoms with van der Waals surface area (Å²) in [5.41, 5.74) is 3.64. The minimum absolute atomic E-state index is 0.0563. The predicted octanol–water partition coefficient (Wildman–Crippen LogP) is 2.86. The van der Waals surface area contributed by atoms with Crippen LogP contribution in [0.5, 0.6) is 0 Å². The highest BCUT2D eigenvalue weighted by Crippen LogP contribution is 2.14. The van der Waals surface area contributed by atoms with Crippen molar-refractivity contribution in [1.82, 2.24) is 15.3 Å². The first kappa shape index (κ1) is 11.9. The van der Waals surface area contributed by atoms with Gasteiger partial charge in [-0.05, 0) is 30.0 Å². The fourth-order valence-electron chi connectivity index (χ4n) is 1.94. The Hall–Kier alpha value is -2.14. The predicted molar refractivity (Wildman–Crippen MR) is 76.3 cm³/mol. The Morgan fingerprint density at radius 2 is 2.21 bits per heavy atom. The molecule has 0 radical (unpaired) electrons. The number of aromatic nitrogens is 2. The fraction of sp³-hybridized carbons (Fsp3) is 0.143. The number of carbonyl (C=O) groups is 1. The summed E-state index contributed by atoms with van der Waals surface area (Å²) in [6.45, 7) is 2.34. The maximum atomic E-state index is 12.0. The van der Waals surface area contributed by atoms with Crippen molar-refractivity contribution in [3.8, 4) is 0 Å². The number of nitrogens with zero attached hydrogens (tertiary/aromatic N) is 1. The monoisotopic (exact) mass is 271 g/mol. The first-order valence-corrected chi connectivity index (χ1v) is 6.93. The van der Waals surface area contributed by atoms with Gasteiger partial charge in [0.25, 0.3) is 5.91 Å². The third kappa shape index (κ3) is 2.37. The molecule has 2 heterocycles. The molecule has 0 bridgehead atoms. The Bertz CT molecular complexity index is 696. The first-order chi connectivity index (χ1) is 9.24. The van der Waals surface area contributed by atoms with Gasteiger partial charge in [-0.1, -0.05) is 12.1 Å². The van der Waals surface area contributed by atoms with Gasteiger partial charge >= 0.3 is 0 Å². The maximum Gasteiger partial charge on any atom is 0.252 e. The molecule has 3 aromatic rings. The summed E-state index contributed by atoms with van der Waals surface area (Å²) in [5.74, 6) is 0.710. The molecule has 5 heteroatoms. The van der Waals surface area contributed by atoms with Crippen LogP contribution in [0, 0.1) is 6.92 Å². The van der Waals surface area contributed by atoms with Gasteiger partial charge in [0.15, 0.2) is 0 Å². The fourth-order valence-corrected chi connectivity index (χ4v) is 2.77. The van der Waals surface area contributed by atoms with E-state index in [2.05, 4.69) is 15.3 Å². The summed E-state index contributed by atoms with van der Waals surface area (Å²) in [6.07, 6.45) is 0. The number of benzene rings is 1. The van der Waals surface area contributed by atoms with Crippen LogP contribution in [0.15, 0.2) is 35.0 Å². The molecular formula is C14H13N3OS. The molecule has 0 saturated heterocycles. The minimum Gasteiger partial charge on any atom is -0.345 e. The third-order valence-corrected chi connectivity index (χ3v) is 3.82. The van der Waals surface area contributed by atoms with E-state index in [4.69, 9.17) is 0 Å². The summed E-state index contributed by atoms with van der Waals surface area (Å²) in [5, 5.41) is 6.71. The lowest BCUT2D eigenvalue weighted by molar-refractivity contribution is 0.0950. The molecule has 0 atom stereocenters. The molecule has 0 aliphatic rings. The van der Waals surface area contributed by atoms with Crippen LogP contribution in [0.25, 0.3) is 11.0 Å². The number of rotatable bonds is 3. The van der Waals surface area contributed by atoms with Crippen molar-refractivity contribution < 1.29 is 4.79 Å². The van der Waals surface area contributed by atoms with E-state index in [0.29, 0.717) is 6.54 Å². The molecule has 2 aromatic heterocycles. The van der Waals surface area contributed by atoms with Crippen LogP contribution in [0.3, 0.4) is 0 Å². The van der Waals surface area contributed by atoms with Crippen LogP contribution < -0.4 is 5.32 Å². The molecule has 19 heavy (non-hydrogen) atoms. The highest BCUT2D eigenvalue weighted by atomic mass is 32.1. The zero-order valence-corrected chi connectivity index (χ0v) is 11.3. The van der Waals surface area contributed by atoms with Crippen LogP contribution in [0.1, 0.15) is 21.7 Å². The van der Waals surface area contributed by atoms with Gasteiger partial charge in [-0.25, -0.2) is 4.98 Å². The quantitative estimate of drug-likeness (QED) is 0.769. The Morgan fingerprint density at radius 1 is 1.37 bits per heavy atom. The number of para-hydroxylation sites is 2. The molecule has 1 aromatic carbocycles. The molecule has 0 unspecified atom stereocenters. The molecule has 3 rings (SSSR count). The van der Waals surface area contributed by atoms with Gasteiger partial charge in [0.1, 0.15) is 5.82 Å². The van der Waals surface area contributed by atoms with E-state index in [1.54, 1.807) is 0 Å². The Morgan fingerprint density at radius 3 is 2.95 bits per heavy atom. The number of thiophene rings is 1. The lowest BCUT2D eigenvalue weighted by Gasteiger charge is -2.02. The number of imidazole rings is 1. The number of aromatic amines is 1. The van der Waals surface area contributed by atoms with Gasteiger partial charge < -0.3 is 10.3 Å². The second kappa shape index (κ2) is 4.85. The SMILES string of the molecule is Cc1cscc1C(=O)NCc1nc2ccccc2[nH]1. The van der Waals surface area contributed by atoms with Crippen molar-refractivity contribution in [3.05, 3.63) is 52.0 Å². The average Bonchev–Trinajstić information content (AvgIpc) is 3.01. The smallest absolute Gasteiger partial charge is 0.252 e. The van der Waals surface area contributed by atoms with Gasteiger partial charge in [0.05, 0.1) is 23.1 Å². The Balaban J connectivity index is 1.72. The van der Waals surface area contributed by atoms with Gasteiger partial charge in [-0.3, -0.25) is 4.79 Å². The van der Waals surface area contributed by atoms with Gasteiger partial charge in [-0.2, -0.15) is 11.3 Å². The number of nitrogens with one attached hydrogen (secondary N) is 2. The summed E-state index contributed by atoms with van der Waals surface area (Å²) in [7, 11) is 0. The van der Waals surface area contributed by atoms with Crippen LogP contribution >= 0.6 is 11.3 Å². The molecule has 4 nitrogen and oxygen atoms in total. The van der Waals surface area contributed by atoms with Gasteiger partial charge in [0, 0.05) is 5.38 Å². The summed E-state index contributed by atoms with van der Waals surface area (Å²) >= 11 is 1.54. The molecule has 96 valence electrons. The normalized spacial score (nSPS) is 10.8. The number of amides is 1. The average molecular weight is 271 g/mol. The first-order valence-electron chi connectivity index (χ1n) is 5.98. The van der Waals surface area contributed by atoms with Crippen LogP contribution in [0.2, 0.25) is 0 Å². The zero-order chi connectivity index (χ0) is 13.2. The molecule has 0 spiro atoms. The van der Waals surface area contributed by atoms with Crippen molar-refractivity contribution in [3.63, 3.8) is 0 Å². The molecule has 0 aliphatic heterocycles. The number of H-pyrrole nitrogens is 1. The van der Waals surface area contributed by atoms with Crippen molar-refractivity contribution in [1.29, 1.82) is 0 Å². The molecular weight excluding hydrogens is 258 g/mol. The van der Waals surface area contributed by atoms with E-state index in [1.807, 2.05) is 41.9 Å². The van der Waals surface area contributed by atoms with E-state index in [0.717, 1.165) is 28.0 Å². The number of hydrogen-bond acceptors (Lipinski definition) is 3. The van der Waals surface area contributed by atoms with Crippen molar-refractivity contribution >= 4 is 28.3 Å².